The molecule has 0 aliphatic carbocycles. The number of esters is 1. The maximum atomic E-state index is 13.1. The van der Waals surface area contributed by atoms with Crippen LogP contribution in [-0.2, 0) is 4.79 Å². The fourth-order valence-corrected chi connectivity index (χ4v) is 3.05. The second-order valence-electron chi connectivity index (χ2n) is 6.82. The Bertz CT molecular complexity index is 1400. The van der Waals surface area contributed by atoms with Crippen LogP contribution in [0, 0.1) is 0 Å². The highest BCUT2D eigenvalue weighted by Crippen LogP contribution is 2.36. The summed E-state index contributed by atoms with van der Waals surface area (Å²) in [6, 6.07) is 13.8. The summed E-state index contributed by atoms with van der Waals surface area (Å²) in [5.74, 6) is -2.30. The van der Waals surface area contributed by atoms with Crippen LogP contribution in [-0.4, -0.2) is 26.4 Å². The number of phenols is 4. The highest BCUT2D eigenvalue weighted by molar-refractivity contribution is 5.92. The highest BCUT2D eigenvalue weighted by Gasteiger charge is 2.22. The Morgan fingerprint density at radius 3 is 2.12 bits per heavy atom. The van der Waals surface area contributed by atoms with Gasteiger partial charge in [-0.25, -0.2) is 4.79 Å². The molecule has 0 saturated heterocycles. The molecule has 3 aromatic carbocycles. The van der Waals surface area contributed by atoms with Gasteiger partial charge in [0.1, 0.15) is 34.0 Å². The summed E-state index contributed by atoms with van der Waals surface area (Å²) in [6.45, 7) is 0. The van der Waals surface area contributed by atoms with Crippen molar-refractivity contribution in [3.8, 4) is 40.1 Å². The number of benzene rings is 3. The third kappa shape index (κ3) is 4.10. The average Bonchev–Trinajstić information content (AvgIpc) is 2.75. The van der Waals surface area contributed by atoms with E-state index in [1.165, 1.54) is 42.5 Å². The largest absolute Gasteiger partial charge is 0.508 e. The molecule has 0 aliphatic heterocycles. The van der Waals surface area contributed by atoms with Crippen molar-refractivity contribution in [1.29, 1.82) is 0 Å². The lowest BCUT2D eigenvalue weighted by Crippen LogP contribution is -2.14. The molecule has 4 rings (SSSR count). The first-order chi connectivity index (χ1) is 15.3. The van der Waals surface area contributed by atoms with Gasteiger partial charge in [0.25, 0.3) is 0 Å². The van der Waals surface area contributed by atoms with Gasteiger partial charge in [-0.1, -0.05) is 12.1 Å². The first-order valence-corrected chi connectivity index (χ1v) is 9.33. The zero-order chi connectivity index (χ0) is 22.8. The van der Waals surface area contributed by atoms with Gasteiger partial charge in [-0.2, -0.15) is 0 Å². The standard InChI is InChI=1S/C24H16O8/c25-15-6-1-13(2-7-15)3-10-20(29)32-24-22(30)21-18(28)11-17(27)12-19(21)31-23(24)14-4-8-16(26)9-5-14/h1-12,25-28H. The van der Waals surface area contributed by atoms with E-state index >= 15 is 0 Å². The monoisotopic (exact) mass is 432 g/mol. The number of carbonyl (C=O) groups is 1. The molecule has 4 N–H and O–H groups in total. The minimum Gasteiger partial charge on any atom is -0.508 e. The number of ether oxygens (including phenoxy) is 1. The first-order valence-electron chi connectivity index (χ1n) is 9.33. The van der Waals surface area contributed by atoms with Gasteiger partial charge in [0, 0.05) is 23.8 Å². The van der Waals surface area contributed by atoms with E-state index in [0.29, 0.717) is 11.1 Å². The summed E-state index contributed by atoms with van der Waals surface area (Å²) in [5, 5.41) is 38.5. The van der Waals surface area contributed by atoms with Crippen LogP contribution < -0.4 is 10.2 Å². The summed E-state index contributed by atoms with van der Waals surface area (Å²) < 4.78 is 11.0. The quantitative estimate of drug-likeness (QED) is 0.281. The first kappa shape index (κ1) is 20.5. The maximum Gasteiger partial charge on any atom is 0.336 e. The lowest BCUT2D eigenvalue weighted by atomic mass is 10.1. The third-order valence-corrected chi connectivity index (χ3v) is 4.55. The van der Waals surface area contributed by atoms with Crippen LogP contribution in [0.3, 0.4) is 0 Å². The van der Waals surface area contributed by atoms with E-state index in [-0.39, 0.29) is 34.0 Å². The molecule has 8 heteroatoms. The smallest absolute Gasteiger partial charge is 0.336 e. The Labute approximate surface area is 180 Å². The molecule has 0 fully saturated rings. The molecule has 0 aliphatic rings. The molecule has 32 heavy (non-hydrogen) atoms. The topological polar surface area (TPSA) is 137 Å². The van der Waals surface area contributed by atoms with Gasteiger partial charge in [-0.3, -0.25) is 4.79 Å². The van der Waals surface area contributed by atoms with E-state index < -0.39 is 22.9 Å². The molecule has 0 atom stereocenters. The number of fused-ring (bicyclic) bond motifs is 1. The Hall–Kier alpha value is -4.72. The Morgan fingerprint density at radius 1 is 0.844 bits per heavy atom. The van der Waals surface area contributed by atoms with Crippen molar-refractivity contribution in [3.05, 3.63) is 82.5 Å². The summed E-state index contributed by atoms with van der Waals surface area (Å²) >= 11 is 0. The molecule has 1 aromatic heterocycles. The van der Waals surface area contributed by atoms with Crippen molar-refractivity contribution in [1.82, 2.24) is 0 Å². The van der Waals surface area contributed by atoms with Gasteiger partial charge in [0.15, 0.2) is 5.76 Å². The van der Waals surface area contributed by atoms with E-state index in [2.05, 4.69) is 0 Å². The number of aromatic hydroxyl groups is 4. The molecule has 0 bridgehead atoms. The van der Waals surface area contributed by atoms with Crippen molar-refractivity contribution in [2.24, 2.45) is 0 Å². The molecule has 4 aromatic rings. The molecule has 1 heterocycles. The number of phenolic OH excluding ortho intramolecular Hbond substituents is 4. The molecule has 0 unspecified atom stereocenters. The van der Waals surface area contributed by atoms with Gasteiger partial charge in [-0.15, -0.1) is 0 Å². The summed E-state index contributed by atoms with van der Waals surface area (Å²) in [6.07, 6.45) is 2.52. The van der Waals surface area contributed by atoms with Crippen LogP contribution in [0.15, 0.2) is 76.0 Å². The Kier molecular flexibility index (Phi) is 5.26. The van der Waals surface area contributed by atoms with Crippen molar-refractivity contribution >= 4 is 23.0 Å². The van der Waals surface area contributed by atoms with E-state index in [1.54, 1.807) is 12.1 Å². The van der Waals surface area contributed by atoms with Crippen LogP contribution >= 0.6 is 0 Å². The zero-order valence-electron chi connectivity index (χ0n) is 16.4. The van der Waals surface area contributed by atoms with E-state index in [4.69, 9.17) is 9.15 Å². The predicted octanol–water partition coefficient (Wildman–Crippen LogP) is 3.90. The molecule has 160 valence electrons. The highest BCUT2D eigenvalue weighted by atomic mass is 16.5. The van der Waals surface area contributed by atoms with Crippen molar-refractivity contribution in [2.75, 3.05) is 0 Å². The SMILES string of the molecule is O=C(C=Cc1ccc(O)cc1)Oc1c(-c2ccc(O)cc2)oc2cc(O)cc(O)c2c1=O. The molecule has 8 nitrogen and oxygen atoms in total. The minimum atomic E-state index is -0.886. The lowest BCUT2D eigenvalue weighted by Gasteiger charge is -2.11. The van der Waals surface area contributed by atoms with Crippen molar-refractivity contribution < 1.29 is 34.4 Å². The van der Waals surface area contributed by atoms with Crippen molar-refractivity contribution in [2.45, 2.75) is 0 Å². The average molecular weight is 432 g/mol. The fraction of sp³-hybridized carbons (Fsp3) is 0. The minimum absolute atomic E-state index is 0.0254. The second-order valence-corrected chi connectivity index (χ2v) is 6.82. The van der Waals surface area contributed by atoms with E-state index in [0.717, 1.165) is 18.2 Å². The van der Waals surface area contributed by atoms with E-state index in [1.807, 2.05) is 0 Å². The van der Waals surface area contributed by atoms with Gasteiger partial charge >= 0.3 is 5.97 Å². The van der Waals surface area contributed by atoms with Crippen LogP contribution in [0.2, 0.25) is 0 Å². The van der Waals surface area contributed by atoms with Gasteiger partial charge < -0.3 is 29.6 Å². The summed E-state index contributed by atoms with van der Waals surface area (Å²) in [7, 11) is 0. The Morgan fingerprint density at radius 2 is 1.47 bits per heavy atom. The maximum absolute atomic E-state index is 13.1. The van der Waals surface area contributed by atoms with E-state index in [9.17, 15) is 30.0 Å². The predicted molar refractivity (Wildman–Crippen MR) is 116 cm³/mol. The molecule has 0 amide bonds. The number of hydrogen-bond acceptors (Lipinski definition) is 8. The van der Waals surface area contributed by atoms with Crippen LogP contribution in [0.4, 0.5) is 0 Å². The second kappa shape index (κ2) is 8.19. The van der Waals surface area contributed by atoms with Crippen LogP contribution in [0.25, 0.3) is 28.4 Å². The Balaban J connectivity index is 1.80. The normalized spacial score (nSPS) is 11.1. The zero-order valence-corrected chi connectivity index (χ0v) is 16.4. The third-order valence-electron chi connectivity index (χ3n) is 4.55. The number of carbonyl (C=O) groups excluding carboxylic acids is 1. The van der Waals surface area contributed by atoms with Gasteiger partial charge in [0.2, 0.25) is 11.2 Å². The van der Waals surface area contributed by atoms with Gasteiger partial charge in [-0.05, 0) is 48.0 Å². The molecular weight excluding hydrogens is 416 g/mol. The fourth-order valence-electron chi connectivity index (χ4n) is 3.05. The molecule has 0 spiro atoms. The van der Waals surface area contributed by atoms with Crippen LogP contribution in [0.1, 0.15) is 5.56 Å². The lowest BCUT2D eigenvalue weighted by molar-refractivity contribution is -0.129. The van der Waals surface area contributed by atoms with Gasteiger partial charge in [0.05, 0.1) is 0 Å². The summed E-state index contributed by atoms with van der Waals surface area (Å²) in [5.41, 5.74) is -0.0136. The molecular formula is C24H16O8. The van der Waals surface area contributed by atoms with Crippen LogP contribution in [0.5, 0.6) is 28.7 Å². The summed E-state index contributed by atoms with van der Waals surface area (Å²) in [4.78, 5) is 25.5. The number of rotatable bonds is 4. The van der Waals surface area contributed by atoms with Crippen molar-refractivity contribution in [3.63, 3.8) is 0 Å². The molecule has 0 saturated carbocycles. The number of hydrogen-bond donors (Lipinski definition) is 4. The molecule has 0 radical (unpaired) electrons.